The first-order chi connectivity index (χ1) is 5.79. The van der Waals surface area contributed by atoms with Crippen LogP contribution in [0.25, 0.3) is 5.73 Å². The predicted molar refractivity (Wildman–Crippen MR) is 60.2 cm³/mol. The molecule has 1 aromatic heterocycles. The van der Waals surface area contributed by atoms with Gasteiger partial charge < -0.3 is 12.8 Å². The molecular weight excluding hydrogens is 291 g/mol. The molecule has 0 saturated heterocycles. The number of nitrogens with zero attached hydrogens (tertiary/aromatic N) is 1. The zero-order chi connectivity index (χ0) is 8.81. The molecule has 0 aromatic carbocycles. The normalized spacial score (nSPS) is 8.29. The average molecular weight is 303 g/mol. The van der Waals surface area contributed by atoms with E-state index in [2.05, 4.69) is 4.98 Å². The fourth-order valence-corrected chi connectivity index (χ4v) is 2.31. The first-order valence-electron chi connectivity index (χ1n) is 3.32. The Balaban J connectivity index is 0. The van der Waals surface area contributed by atoms with Crippen molar-refractivity contribution in [2.75, 3.05) is 5.75 Å². The number of rotatable bonds is 4. The molecule has 3 nitrogen and oxygen atoms in total. The van der Waals surface area contributed by atoms with E-state index < -0.39 is 0 Å². The van der Waals surface area contributed by atoms with E-state index in [0.717, 1.165) is 5.03 Å². The minimum atomic E-state index is 0. The fourth-order valence-electron chi connectivity index (χ4n) is 0.550. The van der Waals surface area contributed by atoms with Crippen molar-refractivity contribution in [2.45, 2.75) is 5.03 Å². The first-order valence-corrected chi connectivity index (χ1v) is 5.64. The fraction of sp³-hybridized carbons (Fsp3) is 0.125. The number of nitrogens with one attached hydrogen (secondary N) is 1. The second-order valence-corrected chi connectivity index (χ2v) is 4.36. The van der Waals surface area contributed by atoms with Gasteiger partial charge in [0.15, 0.2) is 0 Å². The number of aromatic nitrogens is 1. The van der Waals surface area contributed by atoms with Gasteiger partial charge >= 0.3 is 0 Å². The number of hydrogen-bond donors (Lipinski definition) is 1. The van der Waals surface area contributed by atoms with Crippen LogP contribution in [0.1, 0.15) is 0 Å². The van der Waals surface area contributed by atoms with E-state index >= 15 is 0 Å². The molecule has 0 saturated carbocycles. The summed E-state index contributed by atoms with van der Waals surface area (Å²) in [6.45, 7) is 0. The maximum atomic E-state index is 6.98. The van der Waals surface area contributed by atoms with Crippen LogP contribution in [0.5, 0.6) is 0 Å². The van der Waals surface area contributed by atoms with Crippen LogP contribution in [0.4, 0.5) is 0 Å². The van der Waals surface area contributed by atoms with Crippen molar-refractivity contribution < 1.29 is 38.1 Å². The molecule has 0 spiro atoms. The van der Waals surface area contributed by atoms with Gasteiger partial charge in [-0.1, -0.05) is 16.9 Å². The van der Waals surface area contributed by atoms with E-state index in [1.54, 1.807) is 6.20 Å². The molecule has 0 amide bonds. The topological polar surface area (TPSA) is 62.3 Å². The summed E-state index contributed by atoms with van der Waals surface area (Å²) >= 11 is 0. The molecule has 0 unspecified atom stereocenters. The summed E-state index contributed by atoms with van der Waals surface area (Å²) in [6.07, 6.45) is 1.75. The van der Waals surface area contributed by atoms with Gasteiger partial charge in [-0.3, -0.25) is 5.73 Å². The van der Waals surface area contributed by atoms with Crippen LogP contribution in [0.2, 0.25) is 0 Å². The number of amidine groups is 1. The molecule has 3 N–H and O–H groups in total. The van der Waals surface area contributed by atoms with Crippen LogP contribution in [0, 0.1) is 7.43 Å². The van der Waals surface area contributed by atoms with E-state index in [1.807, 2.05) is 18.2 Å². The van der Waals surface area contributed by atoms with E-state index in [0.29, 0.717) is 5.75 Å². The van der Waals surface area contributed by atoms with Crippen LogP contribution < -0.4 is 5.41 Å². The molecule has 1 radical (unpaired) electrons. The van der Waals surface area contributed by atoms with E-state index in [-0.39, 0.29) is 46.0 Å². The van der Waals surface area contributed by atoms with Gasteiger partial charge in [-0.25, -0.2) is 4.98 Å². The summed E-state index contributed by atoms with van der Waals surface area (Å²) < 4.78 is 0. The van der Waals surface area contributed by atoms with Crippen LogP contribution in [-0.4, -0.2) is 16.6 Å². The Morgan fingerprint density at radius 1 is 1.50 bits per heavy atom. The summed E-state index contributed by atoms with van der Waals surface area (Å²) in [4.78, 5) is 4.11. The molecule has 14 heavy (non-hydrogen) atoms. The molecule has 6 heteroatoms. The van der Waals surface area contributed by atoms with Gasteiger partial charge in [0, 0.05) is 38.9 Å². The third-order valence-electron chi connectivity index (χ3n) is 0.996. The predicted octanol–water partition coefficient (Wildman–Crippen LogP) is 1.48. The second-order valence-electron chi connectivity index (χ2n) is 2.04. The molecule has 0 atom stereocenters. The monoisotopic (exact) mass is 303 g/mol. The molecule has 0 aliphatic rings. The number of pyridine rings is 1. The van der Waals surface area contributed by atoms with E-state index in [9.17, 15) is 0 Å². The zero-order valence-corrected chi connectivity index (χ0v) is 12.4. The number of hydrogen-bond acceptors (Lipinski definition) is 3. The van der Waals surface area contributed by atoms with Crippen molar-refractivity contribution >= 4 is 27.4 Å². The van der Waals surface area contributed by atoms with Crippen molar-refractivity contribution in [1.29, 1.82) is 0 Å². The third kappa shape index (κ3) is 7.79. The Morgan fingerprint density at radius 3 is 2.71 bits per heavy atom. The molecule has 1 heterocycles. The van der Waals surface area contributed by atoms with Crippen molar-refractivity contribution in [3.8, 4) is 0 Å². The summed E-state index contributed by atoms with van der Waals surface area (Å²) in [6, 6.07) is 5.74. The Bertz CT molecular complexity index is 256. The Kier molecular flexibility index (Phi) is 12.0. The minimum absolute atomic E-state index is 0. The zero-order valence-electron chi connectivity index (χ0n) is 7.93. The molecule has 0 bridgehead atoms. The second kappa shape index (κ2) is 9.96. The average Bonchev–Trinajstić information content (AvgIpc) is 2.05. The molecule has 0 aliphatic heterocycles. The first kappa shape index (κ1) is 16.8. The van der Waals surface area contributed by atoms with Gasteiger partial charge in [0.2, 0.25) is 0 Å². The van der Waals surface area contributed by atoms with E-state index in [1.165, 1.54) is 21.6 Å². The summed E-state index contributed by atoms with van der Waals surface area (Å²) in [5.41, 5.74) is 6.98. The molecular formula is C8H12N3S2Y-. The standard InChI is InChI=1S/C7H9N3S2.CH3.Y/c8-6(9)5-11-12-7-3-1-2-4-10-7;;/h1-4H,5H2,(H3,8,9);1H3;/q;-1;. The van der Waals surface area contributed by atoms with Gasteiger partial charge in [-0.05, 0) is 22.9 Å². The van der Waals surface area contributed by atoms with Crippen LogP contribution in [-0.2, 0) is 32.7 Å². The van der Waals surface area contributed by atoms with Gasteiger partial charge in [-0.15, -0.1) is 0 Å². The molecule has 0 aliphatic carbocycles. The largest absolute Gasteiger partial charge is 0.387 e. The van der Waals surface area contributed by atoms with Crippen LogP contribution >= 0.6 is 21.6 Å². The van der Waals surface area contributed by atoms with Crippen LogP contribution in [0.15, 0.2) is 29.4 Å². The Hall–Kier alpha value is 0.424. The summed E-state index contributed by atoms with van der Waals surface area (Å²) in [5.74, 6) is 0.741. The maximum Gasteiger partial charge on any atom is 0.106 e. The van der Waals surface area contributed by atoms with Gasteiger partial charge in [0.25, 0.3) is 0 Å². The minimum Gasteiger partial charge on any atom is -0.387 e. The van der Waals surface area contributed by atoms with Crippen molar-refractivity contribution in [3.05, 3.63) is 37.6 Å². The molecule has 1 aromatic rings. The molecule has 75 valence electrons. The van der Waals surface area contributed by atoms with Gasteiger partial charge in [0.1, 0.15) is 10.9 Å². The Labute approximate surface area is 118 Å². The number of nitrogens with two attached hydrogens (primary N) is 1. The molecule has 1 rings (SSSR count). The third-order valence-corrected chi connectivity index (χ3v) is 3.17. The van der Waals surface area contributed by atoms with Crippen LogP contribution in [0.3, 0.4) is 0 Å². The SMILES string of the molecule is [CH3-].[NH-]C(=[NH2+])CSSc1ccccn1.[Y]. The van der Waals surface area contributed by atoms with Crippen molar-refractivity contribution in [2.24, 2.45) is 0 Å². The Morgan fingerprint density at radius 2 is 2.21 bits per heavy atom. The van der Waals surface area contributed by atoms with Crippen molar-refractivity contribution in [1.82, 2.24) is 4.98 Å². The summed E-state index contributed by atoms with van der Waals surface area (Å²) in [7, 11) is 3.05. The van der Waals surface area contributed by atoms with Crippen molar-refractivity contribution in [3.63, 3.8) is 0 Å². The molecule has 0 fully saturated rings. The van der Waals surface area contributed by atoms with E-state index in [4.69, 9.17) is 11.1 Å². The maximum absolute atomic E-state index is 6.98. The summed E-state index contributed by atoms with van der Waals surface area (Å²) in [5, 5.41) is 6.13. The van der Waals surface area contributed by atoms with Gasteiger partial charge in [-0.2, -0.15) is 0 Å². The quantitative estimate of drug-likeness (QED) is 0.397. The smallest absolute Gasteiger partial charge is 0.106 e. The van der Waals surface area contributed by atoms with Gasteiger partial charge in [0.05, 0.1) is 5.75 Å².